The second kappa shape index (κ2) is 14.0. The summed E-state index contributed by atoms with van der Waals surface area (Å²) in [6.45, 7) is 3.12. The van der Waals surface area contributed by atoms with Crippen molar-refractivity contribution in [2.45, 2.75) is 12.5 Å². The number of hydrogen-bond acceptors (Lipinski definition) is 9. The third-order valence-corrected chi connectivity index (χ3v) is 9.51. The number of carbonyl (C=O) groups excluding carboxylic acids is 1. The van der Waals surface area contributed by atoms with Gasteiger partial charge in [0.2, 0.25) is 0 Å². The van der Waals surface area contributed by atoms with Crippen LogP contribution in [0.15, 0.2) is 63.8 Å². The number of nitrogens with one attached hydrogen (secondary N) is 2. The summed E-state index contributed by atoms with van der Waals surface area (Å²) in [6, 6.07) is 14.9. The smallest absolute Gasteiger partial charge is 0.336 e. The molecular formula is C28H23I4N3O6. The minimum Gasteiger partial charge on any atom is -0.506 e. The van der Waals surface area contributed by atoms with Crippen LogP contribution in [0.5, 0.6) is 23.0 Å². The van der Waals surface area contributed by atoms with Gasteiger partial charge in [-0.25, -0.2) is 20.0 Å². The summed E-state index contributed by atoms with van der Waals surface area (Å²) in [6.07, 6.45) is 0.382. The number of phenolic OH excluding ortho intramolecular Hbond substituents is 1. The van der Waals surface area contributed by atoms with E-state index in [1.54, 1.807) is 36.4 Å². The zero-order chi connectivity index (χ0) is 29.1. The molecule has 1 aromatic heterocycles. The fraction of sp³-hybridized carbons (Fsp3) is 0.214. The Hall–Kier alpha value is -1.26. The Morgan fingerprint density at radius 2 is 1.61 bits per heavy atom. The third kappa shape index (κ3) is 8.02. The molecule has 3 aromatic carbocycles. The first-order valence-electron chi connectivity index (χ1n) is 12.5. The number of esters is 1. The van der Waals surface area contributed by atoms with E-state index in [1.165, 1.54) is 6.07 Å². The van der Waals surface area contributed by atoms with Crippen molar-refractivity contribution in [3.05, 3.63) is 84.9 Å². The number of halogens is 4. The number of rotatable bonds is 8. The maximum absolute atomic E-state index is 13.5. The molecule has 0 amide bonds. The summed E-state index contributed by atoms with van der Waals surface area (Å²) in [5.41, 5.74) is 4.19. The molecule has 0 unspecified atom stereocenters. The van der Waals surface area contributed by atoms with Gasteiger partial charge in [0.1, 0.15) is 28.9 Å². The number of hydrazine groups is 1. The highest BCUT2D eigenvalue weighted by atomic mass is 127. The average Bonchev–Trinajstić information content (AvgIpc) is 2.93. The summed E-state index contributed by atoms with van der Waals surface area (Å²) in [4.78, 5) is 25.2. The number of hydrogen-bond donors (Lipinski definition) is 3. The standard InChI is InChI=1S/C28H23I4N3O6/c29-19-12-18(13-20(30)26(19)37)39-27-21(31)9-15(10-22(27)32)11-23(34-35-7-5-33-6-8-35)28(38)40-17-3-1-16-2-4-25(36)41-24(16)14-17/h1-4,9-10,12-14,23,33-34,37H,5-8,11H2/t23-/m0/s1. The van der Waals surface area contributed by atoms with E-state index in [1.807, 2.05) is 17.1 Å². The van der Waals surface area contributed by atoms with Crippen LogP contribution in [0.25, 0.3) is 11.0 Å². The maximum atomic E-state index is 13.5. The number of fused-ring (bicyclic) bond motifs is 1. The van der Waals surface area contributed by atoms with Gasteiger partial charge in [-0.05, 0) is 145 Å². The van der Waals surface area contributed by atoms with E-state index in [-0.39, 0.29) is 5.75 Å². The first-order chi connectivity index (χ1) is 19.7. The summed E-state index contributed by atoms with van der Waals surface area (Å²) in [7, 11) is 0. The van der Waals surface area contributed by atoms with Crippen molar-refractivity contribution in [1.29, 1.82) is 0 Å². The molecule has 9 nitrogen and oxygen atoms in total. The number of nitrogens with zero attached hydrogens (tertiary/aromatic N) is 1. The van der Waals surface area contributed by atoms with Gasteiger partial charge in [0.15, 0.2) is 5.75 Å². The van der Waals surface area contributed by atoms with Crippen molar-refractivity contribution in [2.75, 3.05) is 26.2 Å². The fourth-order valence-electron chi connectivity index (χ4n) is 4.27. The zero-order valence-corrected chi connectivity index (χ0v) is 29.9. The van der Waals surface area contributed by atoms with Gasteiger partial charge in [-0.3, -0.25) is 0 Å². The number of benzene rings is 3. The molecule has 1 aliphatic heterocycles. The fourth-order valence-corrected chi connectivity index (χ4v) is 8.10. The van der Waals surface area contributed by atoms with Crippen molar-refractivity contribution in [3.8, 4) is 23.0 Å². The highest BCUT2D eigenvalue weighted by molar-refractivity contribution is 14.1. The lowest BCUT2D eigenvalue weighted by Crippen LogP contribution is -2.56. The quantitative estimate of drug-likeness (QED) is 0.0896. The Bertz CT molecular complexity index is 1610. The third-order valence-electron chi connectivity index (χ3n) is 6.26. The number of piperazine rings is 1. The number of aromatic hydroxyl groups is 1. The summed E-state index contributed by atoms with van der Waals surface area (Å²) in [5, 5.41) is 16.2. The number of carbonyl (C=O) groups is 1. The normalized spacial score (nSPS) is 14.6. The molecule has 3 N–H and O–H groups in total. The minimum absolute atomic E-state index is 0.237. The van der Waals surface area contributed by atoms with Crippen LogP contribution in [0.1, 0.15) is 5.56 Å². The summed E-state index contributed by atoms with van der Waals surface area (Å²) in [5.74, 6) is 1.43. The van der Waals surface area contributed by atoms with E-state index in [2.05, 4.69) is 101 Å². The van der Waals surface area contributed by atoms with Crippen molar-refractivity contribution in [3.63, 3.8) is 0 Å². The lowest BCUT2D eigenvalue weighted by atomic mass is 10.1. The average molecular weight is 1010 g/mol. The van der Waals surface area contributed by atoms with E-state index >= 15 is 0 Å². The molecule has 1 saturated heterocycles. The van der Waals surface area contributed by atoms with E-state index in [0.29, 0.717) is 36.4 Å². The van der Waals surface area contributed by atoms with Gasteiger partial charge < -0.3 is 24.3 Å². The van der Waals surface area contributed by atoms with Crippen LogP contribution in [-0.2, 0) is 11.2 Å². The molecule has 13 heteroatoms. The molecule has 0 radical (unpaired) electrons. The van der Waals surface area contributed by atoms with Crippen molar-refractivity contribution < 1.29 is 23.8 Å². The Labute approximate surface area is 290 Å². The van der Waals surface area contributed by atoms with Gasteiger partial charge in [0, 0.05) is 43.7 Å². The van der Waals surface area contributed by atoms with E-state index in [9.17, 15) is 14.7 Å². The molecule has 2 heterocycles. The van der Waals surface area contributed by atoms with Crippen LogP contribution in [0.4, 0.5) is 0 Å². The maximum Gasteiger partial charge on any atom is 0.336 e. The molecule has 1 fully saturated rings. The molecule has 0 aliphatic carbocycles. The molecule has 1 atom stereocenters. The summed E-state index contributed by atoms with van der Waals surface area (Å²) < 4.78 is 20.4. The monoisotopic (exact) mass is 1000 g/mol. The van der Waals surface area contributed by atoms with Crippen LogP contribution in [0, 0.1) is 14.3 Å². The Morgan fingerprint density at radius 3 is 2.29 bits per heavy atom. The van der Waals surface area contributed by atoms with Crippen molar-refractivity contribution >= 4 is 107 Å². The molecule has 1 aliphatic rings. The van der Waals surface area contributed by atoms with Gasteiger partial charge >= 0.3 is 11.6 Å². The zero-order valence-electron chi connectivity index (χ0n) is 21.3. The molecule has 0 bridgehead atoms. The largest absolute Gasteiger partial charge is 0.506 e. The van der Waals surface area contributed by atoms with E-state index in [0.717, 1.165) is 44.3 Å². The number of ether oxygens (including phenoxy) is 2. The summed E-state index contributed by atoms with van der Waals surface area (Å²) >= 11 is 8.63. The van der Waals surface area contributed by atoms with Gasteiger partial charge in [-0.15, -0.1) is 0 Å². The van der Waals surface area contributed by atoms with E-state index < -0.39 is 17.6 Å². The lowest BCUT2D eigenvalue weighted by molar-refractivity contribution is -0.138. The minimum atomic E-state index is -0.662. The van der Waals surface area contributed by atoms with Crippen molar-refractivity contribution in [1.82, 2.24) is 15.8 Å². The van der Waals surface area contributed by atoms with Crippen LogP contribution < -0.4 is 25.8 Å². The topological polar surface area (TPSA) is 113 Å². The van der Waals surface area contributed by atoms with E-state index in [4.69, 9.17) is 13.9 Å². The first-order valence-corrected chi connectivity index (χ1v) is 16.8. The lowest BCUT2D eigenvalue weighted by Gasteiger charge is -2.31. The Balaban J connectivity index is 1.37. The molecule has 0 spiro atoms. The van der Waals surface area contributed by atoms with Crippen LogP contribution >= 0.6 is 90.4 Å². The second-order valence-electron chi connectivity index (χ2n) is 9.22. The second-order valence-corrected chi connectivity index (χ2v) is 13.9. The highest BCUT2D eigenvalue weighted by Gasteiger charge is 2.26. The van der Waals surface area contributed by atoms with Gasteiger partial charge in [0.05, 0.1) is 14.3 Å². The van der Waals surface area contributed by atoms with Crippen LogP contribution in [0.2, 0.25) is 0 Å². The molecule has 41 heavy (non-hydrogen) atoms. The molecule has 4 aromatic rings. The van der Waals surface area contributed by atoms with Gasteiger partial charge in [-0.2, -0.15) is 0 Å². The molecule has 0 saturated carbocycles. The molecule has 214 valence electrons. The van der Waals surface area contributed by atoms with Gasteiger partial charge in [0.25, 0.3) is 0 Å². The Kier molecular flexibility index (Phi) is 10.7. The SMILES string of the molecule is O=C(Oc1ccc2ccc(=O)oc2c1)[C@H](Cc1cc(I)c(Oc2cc(I)c(O)c(I)c2)c(I)c1)NN1CCNCC1. The predicted octanol–water partition coefficient (Wildman–Crippen LogP) is 5.64. The molecular weight excluding hydrogens is 982 g/mol. The first kappa shape index (κ1) is 31.2. The number of phenols is 1. The Morgan fingerprint density at radius 1 is 0.951 bits per heavy atom. The van der Waals surface area contributed by atoms with Gasteiger partial charge in [-0.1, -0.05) is 0 Å². The molecule has 5 rings (SSSR count). The predicted molar refractivity (Wildman–Crippen MR) is 189 cm³/mol. The van der Waals surface area contributed by atoms with Crippen LogP contribution in [0.3, 0.4) is 0 Å². The van der Waals surface area contributed by atoms with Crippen molar-refractivity contribution in [2.24, 2.45) is 0 Å². The highest BCUT2D eigenvalue weighted by Crippen LogP contribution is 2.37. The van der Waals surface area contributed by atoms with Crippen LogP contribution in [-0.4, -0.2) is 48.3 Å².